The summed E-state index contributed by atoms with van der Waals surface area (Å²) in [5.74, 6) is 0.119. The van der Waals surface area contributed by atoms with Gasteiger partial charge in [-0.1, -0.05) is 24.3 Å². The highest BCUT2D eigenvalue weighted by Crippen LogP contribution is 2.29. The van der Waals surface area contributed by atoms with Gasteiger partial charge in [-0.2, -0.15) is 0 Å². The van der Waals surface area contributed by atoms with E-state index in [1.807, 2.05) is 17.0 Å². The third-order valence-corrected chi connectivity index (χ3v) is 5.20. The van der Waals surface area contributed by atoms with Gasteiger partial charge in [-0.3, -0.25) is 9.59 Å². The van der Waals surface area contributed by atoms with E-state index in [0.717, 1.165) is 25.8 Å². The minimum Gasteiger partial charge on any atom is -0.376 e. The van der Waals surface area contributed by atoms with Gasteiger partial charge in [0.2, 0.25) is 11.8 Å². The number of aryl methyl sites for hydroxylation is 1. The van der Waals surface area contributed by atoms with Crippen molar-refractivity contribution >= 4 is 11.8 Å². The molecule has 1 atom stereocenters. The van der Waals surface area contributed by atoms with Gasteiger partial charge in [0.1, 0.15) is 0 Å². The van der Waals surface area contributed by atoms with Crippen LogP contribution in [0.4, 0.5) is 0 Å². The molecular formula is C20H30N2O3. The van der Waals surface area contributed by atoms with Gasteiger partial charge in [0, 0.05) is 40.1 Å². The van der Waals surface area contributed by atoms with Gasteiger partial charge in [-0.15, -0.1) is 0 Å². The monoisotopic (exact) mass is 346 g/mol. The molecule has 0 aromatic heterocycles. The van der Waals surface area contributed by atoms with Crippen LogP contribution in [0, 0.1) is 6.92 Å². The number of benzene rings is 1. The van der Waals surface area contributed by atoms with Crippen molar-refractivity contribution in [1.82, 2.24) is 10.2 Å². The van der Waals surface area contributed by atoms with E-state index in [1.54, 1.807) is 14.0 Å². The summed E-state index contributed by atoms with van der Waals surface area (Å²) >= 11 is 0. The van der Waals surface area contributed by atoms with Gasteiger partial charge in [0.25, 0.3) is 0 Å². The molecule has 1 heterocycles. The van der Waals surface area contributed by atoms with Crippen molar-refractivity contribution < 1.29 is 14.3 Å². The summed E-state index contributed by atoms with van der Waals surface area (Å²) in [5, 5.41) is 3.00. The Morgan fingerprint density at radius 3 is 2.76 bits per heavy atom. The molecule has 1 saturated heterocycles. The van der Waals surface area contributed by atoms with E-state index in [-0.39, 0.29) is 11.8 Å². The second-order valence-electron chi connectivity index (χ2n) is 6.96. The first kappa shape index (κ1) is 19.4. The van der Waals surface area contributed by atoms with Gasteiger partial charge in [-0.25, -0.2) is 0 Å². The third-order valence-electron chi connectivity index (χ3n) is 5.20. The fraction of sp³-hybridized carbons (Fsp3) is 0.600. The molecule has 0 spiro atoms. The number of ether oxygens (including phenoxy) is 1. The fourth-order valence-corrected chi connectivity index (χ4v) is 3.50. The van der Waals surface area contributed by atoms with Crippen molar-refractivity contribution in [3.8, 4) is 0 Å². The van der Waals surface area contributed by atoms with Crippen LogP contribution in [0.25, 0.3) is 0 Å². The second kappa shape index (κ2) is 8.99. The fourth-order valence-electron chi connectivity index (χ4n) is 3.50. The first-order chi connectivity index (χ1) is 12.0. The Balaban J connectivity index is 1.78. The van der Waals surface area contributed by atoms with Crippen LogP contribution in [0.1, 0.15) is 43.7 Å². The Hall–Kier alpha value is -1.88. The number of methoxy groups -OCH3 is 1. The molecule has 1 unspecified atom stereocenters. The maximum absolute atomic E-state index is 12.2. The Labute approximate surface area is 150 Å². The third kappa shape index (κ3) is 5.56. The number of hydrogen-bond donors (Lipinski definition) is 1. The molecule has 1 aromatic rings. The lowest BCUT2D eigenvalue weighted by Gasteiger charge is -2.41. The molecule has 138 valence electrons. The molecule has 5 heteroatoms. The largest absolute Gasteiger partial charge is 0.376 e. The molecule has 0 radical (unpaired) electrons. The number of carbonyl (C=O) groups is 2. The van der Waals surface area contributed by atoms with Crippen LogP contribution in [0.2, 0.25) is 0 Å². The van der Waals surface area contributed by atoms with Crippen molar-refractivity contribution in [2.45, 2.75) is 51.6 Å². The predicted molar refractivity (Wildman–Crippen MR) is 98.4 cm³/mol. The number of rotatable bonds is 7. The molecule has 0 bridgehead atoms. The van der Waals surface area contributed by atoms with Crippen LogP contribution < -0.4 is 5.32 Å². The molecule has 1 aliphatic rings. The smallest absolute Gasteiger partial charge is 0.220 e. The molecule has 2 amide bonds. The summed E-state index contributed by atoms with van der Waals surface area (Å²) < 4.78 is 5.73. The zero-order valence-electron chi connectivity index (χ0n) is 15.6. The van der Waals surface area contributed by atoms with E-state index in [4.69, 9.17) is 4.74 Å². The highest BCUT2D eigenvalue weighted by molar-refractivity contribution is 5.76. The van der Waals surface area contributed by atoms with Gasteiger partial charge in [0.15, 0.2) is 0 Å². The molecule has 1 aliphatic heterocycles. The van der Waals surface area contributed by atoms with Crippen LogP contribution in [-0.2, 0) is 20.7 Å². The molecule has 1 aromatic carbocycles. The van der Waals surface area contributed by atoms with Crippen molar-refractivity contribution in [1.29, 1.82) is 0 Å². The number of piperidine rings is 1. The quantitative estimate of drug-likeness (QED) is 0.825. The van der Waals surface area contributed by atoms with Crippen molar-refractivity contribution in [3.05, 3.63) is 35.4 Å². The lowest BCUT2D eigenvalue weighted by atomic mass is 9.87. The molecule has 1 N–H and O–H groups in total. The summed E-state index contributed by atoms with van der Waals surface area (Å²) in [6, 6.07) is 8.23. The molecule has 2 rings (SSSR count). The van der Waals surface area contributed by atoms with E-state index in [0.29, 0.717) is 25.9 Å². The average Bonchev–Trinajstić information content (AvgIpc) is 2.62. The van der Waals surface area contributed by atoms with E-state index >= 15 is 0 Å². The maximum Gasteiger partial charge on any atom is 0.220 e. The van der Waals surface area contributed by atoms with E-state index in [1.165, 1.54) is 11.1 Å². The van der Waals surface area contributed by atoms with Gasteiger partial charge in [-0.05, 0) is 43.7 Å². The Morgan fingerprint density at radius 1 is 1.32 bits per heavy atom. The Bertz CT molecular complexity index is 602. The normalized spacial score (nSPS) is 20.4. The van der Waals surface area contributed by atoms with Crippen LogP contribution in [-0.4, -0.2) is 49.1 Å². The van der Waals surface area contributed by atoms with Gasteiger partial charge < -0.3 is 15.0 Å². The standard InChI is InChI=1S/C20H30N2O3/c1-16-7-4-5-8-18(16)10-13-21-19(24)9-12-20(25-3)11-6-14-22(15-20)17(2)23/h4-5,7-8H,6,9-15H2,1-3H3,(H,21,24). The molecule has 0 aliphatic carbocycles. The molecule has 0 saturated carbocycles. The SMILES string of the molecule is COC1(CCC(=O)NCCc2ccccc2C)CCCN(C(C)=O)C1. The number of nitrogens with zero attached hydrogens (tertiary/aromatic N) is 1. The van der Waals surface area contributed by atoms with Crippen LogP contribution in [0.5, 0.6) is 0 Å². The summed E-state index contributed by atoms with van der Waals surface area (Å²) in [5.41, 5.74) is 2.12. The summed E-state index contributed by atoms with van der Waals surface area (Å²) in [4.78, 5) is 25.6. The Morgan fingerprint density at radius 2 is 2.08 bits per heavy atom. The van der Waals surface area contributed by atoms with Gasteiger partial charge in [0.05, 0.1) is 5.60 Å². The zero-order valence-corrected chi connectivity index (χ0v) is 15.6. The number of hydrogen-bond acceptors (Lipinski definition) is 3. The van der Waals surface area contributed by atoms with Gasteiger partial charge >= 0.3 is 0 Å². The number of nitrogens with one attached hydrogen (secondary N) is 1. The van der Waals surface area contributed by atoms with Crippen LogP contribution in [0.15, 0.2) is 24.3 Å². The lowest BCUT2D eigenvalue weighted by Crippen LogP contribution is -2.51. The van der Waals surface area contributed by atoms with Crippen molar-refractivity contribution in [2.75, 3.05) is 26.7 Å². The summed E-state index contributed by atoms with van der Waals surface area (Å²) in [6.45, 7) is 5.68. The molecular weight excluding hydrogens is 316 g/mol. The van der Waals surface area contributed by atoms with Crippen molar-refractivity contribution in [2.24, 2.45) is 0 Å². The van der Waals surface area contributed by atoms with Crippen LogP contribution in [0.3, 0.4) is 0 Å². The number of likely N-dealkylation sites (tertiary alicyclic amines) is 1. The average molecular weight is 346 g/mol. The lowest BCUT2D eigenvalue weighted by molar-refractivity contribution is -0.139. The minimum atomic E-state index is -0.392. The highest BCUT2D eigenvalue weighted by atomic mass is 16.5. The highest BCUT2D eigenvalue weighted by Gasteiger charge is 2.36. The molecule has 5 nitrogen and oxygen atoms in total. The summed E-state index contributed by atoms with van der Waals surface area (Å²) in [7, 11) is 1.68. The summed E-state index contributed by atoms with van der Waals surface area (Å²) in [6.07, 6.45) is 3.72. The topological polar surface area (TPSA) is 58.6 Å². The first-order valence-corrected chi connectivity index (χ1v) is 9.08. The van der Waals surface area contributed by atoms with Crippen molar-refractivity contribution in [3.63, 3.8) is 0 Å². The van der Waals surface area contributed by atoms with E-state index in [2.05, 4.69) is 24.4 Å². The van der Waals surface area contributed by atoms with E-state index in [9.17, 15) is 9.59 Å². The maximum atomic E-state index is 12.2. The molecule has 25 heavy (non-hydrogen) atoms. The predicted octanol–water partition coefficient (Wildman–Crippen LogP) is 2.46. The Kier molecular flexibility index (Phi) is 7.00. The number of carbonyl (C=O) groups excluding carboxylic acids is 2. The zero-order chi connectivity index (χ0) is 18.3. The minimum absolute atomic E-state index is 0.0463. The second-order valence-corrected chi connectivity index (χ2v) is 6.96. The molecule has 1 fully saturated rings. The number of amides is 2. The van der Waals surface area contributed by atoms with Crippen LogP contribution >= 0.6 is 0 Å². The van der Waals surface area contributed by atoms with E-state index < -0.39 is 5.60 Å². The first-order valence-electron chi connectivity index (χ1n) is 9.08.